The van der Waals surface area contributed by atoms with Crippen LogP contribution in [0.4, 0.5) is 0 Å². The first-order valence-electron chi connectivity index (χ1n) is 4.04. The van der Waals surface area contributed by atoms with E-state index in [1.54, 1.807) is 24.5 Å². The lowest BCUT2D eigenvalue weighted by Gasteiger charge is -2.06. The fourth-order valence-electron chi connectivity index (χ4n) is 0.961. The fraction of sp³-hybridized carbons (Fsp3) is 0.200. The predicted octanol–water partition coefficient (Wildman–Crippen LogP) is 2.16. The number of hydrogen-bond acceptors (Lipinski definition) is 3. The average molecular weight is 208 g/mol. The van der Waals surface area contributed by atoms with Crippen molar-refractivity contribution in [2.24, 2.45) is 0 Å². The molecule has 72 valence electrons. The molecule has 1 heterocycles. The van der Waals surface area contributed by atoms with Gasteiger partial charge in [-0.25, -0.2) is 4.98 Å². The van der Waals surface area contributed by atoms with Crippen molar-refractivity contribution in [1.82, 2.24) is 9.88 Å². The minimum absolute atomic E-state index is 0.427. The third kappa shape index (κ3) is 2.75. The second-order valence-corrected chi connectivity index (χ2v) is 3.38. The fourth-order valence-corrected chi connectivity index (χ4v) is 1.07. The van der Waals surface area contributed by atoms with Gasteiger partial charge in [-0.05, 0) is 12.1 Å². The first kappa shape index (κ1) is 10.6. The molecule has 4 heteroatoms. The van der Waals surface area contributed by atoms with Crippen molar-refractivity contribution in [3.63, 3.8) is 0 Å². The molecule has 1 rings (SSSR count). The Balaban J connectivity index is 3.03. The van der Waals surface area contributed by atoms with E-state index in [1.165, 1.54) is 0 Å². The van der Waals surface area contributed by atoms with Gasteiger partial charge in [0, 0.05) is 32.1 Å². The molecule has 3 nitrogen and oxygen atoms in total. The zero-order valence-corrected chi connectivity index (χ0v) is 8.78. The van der Waals surface area contributed by atoms with Gasteiger partial charge in [-0.2, -0.15) is 5.26 Å². The van der Waals surface area contributed by atoms with Crippen LogP contribution in [0.3, 0.4) is 0 Å². The molecule has 0 aromatic carbocycles. The normalized spacial score (nSPS) is 10.9. The maximum atomic E-state index is 8.89. The molecular formula is C10H10ClN3. The molecule has 0 saturated heterocycles. The summed E-state index contributed by atoms with van der Waals surface area (Å²) in [5.41, 5.74) is 1.34. The number of rotatable bonds is 2. The SMILES string of the molecule is CN(C)C=C(C#N)c1ccc(Cl)nc1. The number of pyridine rings is 1. The third-order valence-corrected chi connectivity index (χ3v) is 1.77. The monoisotopic (exact) mass is 207 g/mol. The molecule has 0 saturated carbocycles. The highest BCUT2D eigenvalue weighted by atomic mass is 35.5. The molecule has 0 fully saturated rings. The highest BCUT2D eigenvalue weighted by molar-refractivity contribution is 6.29. The lowest BCUT2D eigenvalue weighted by atomic mass is 10.1. The molecule has 0 aliphatic carbocycles. The van der Waals surface area contributed by atoms with E-state index in [9.17, 15) is 0 Å². The van der Waals surface area contributed by atoms with Crippen molar-refractivity contribution >= 4 is 17.2 Å². The Bertz CT molecular complexity index is 373. The third-order valence-electron chi connectivity index (χ3n) is 1.55. The first-order chi connectivity index (χ1) is 6.63. The van der Waals surface area contributed by atoms with Crippen LogP contribution in [-0.2, 0) is 0 Å². The van der Waals surface area contributed by atoms with Crippen molar-refractivity contribution in [2.75, 3.05) is 14.1 Å². The lowest BCUT2D eigenvalue weighted by molar-refractivity contribution is 0.566. The van der Waals surface area contributed by atoms with E-state index in [2.05, 4.69) is 11.1 Å². The van der Waals surface area contributed by atoms with E-state index < -0.39 is 0 Å². The van der Waals surface area contributed by atoms with E-state index in [0.717, 1.165) is 5.56 Å². The number of hydrogen-bond donors (Lipinski definition) is 0. The molecule has 0 aliphatic heterocycles. The number of aromatic nitrogens is 1. The molecule has 0 amide bonds. The van der Waals surface area contributed by atoms with Crippen LogP contribution in [0.5, 0.6) is 0 Å². The van der Waals surface area contributed by atoms with E-state index in [0.29, 0.717) is 10.7 Å². The van der Waals surface area contributed by atoms with Gasteiger partial charge in [0.2, 0.25) is 0 Å². The van der Waals surface area contributed by atoms with Crippen molar-refractivity contribution < 1.29 is 0 Å². The average Bonchev–Trinajstić information content (AvgIpc) is 2.15. The topological polar surface area (TPSA) is 39.9 Å². The summed E-state index contributed by atoms with van der Waals surface area (Å²) in [6.45, 7) is 0. The van der Waals surface area contributed by atoms with E-state index >= 15 is 0 Å². The maximum Gasteiger partial charge on any atom is 0.129 e. The summed E-state index contributed by atoms with van der Waals surface area (Å²) in [5, 5.41) is 9.32. The molecule has 0 spiro atoms. The molecule has 14 heavy (non-hydrogen) atoms. The summed E-state index contributed by atoms with van der Waals surface area (Å²) >= 11 is 5.64. The molecule has 0 radical (unpaired) electrons. The van der Waals surface area contributed by atoms with E-state index in [-0.39, 0.29) is 0 Å². The number of nitrogens with zero attached hydrogens (tertiary/aromatic N) is 3. The highest BCUT2D eigenvalue weighted by Gasteiger charge is 2.01. The van der Waals surface area contributed by atoms with Gasteiger partial charge >= 0.3 is 0 Å². The summed E-state index contributed by atoms with van der Waals surface area (Å²) in [5.74, 6) is 0. The number of allylic oxidation sites excluding steroid dienone is 1. The molecule has 0 unspecified atom stereocenters. The maximum absolute atomic E-state index is 8.89. The Morgan fingerprint density at radius 3 is 2.71 bits per heavy atom. The second kappa shape index (κ2) is 4.64. The van der Waals surface area contributed by atoms with Gasteiger partial charge in [0.25, 0.3) is 0 Å². The standard InChI is InChI=1S/C10H10ClN3/c1-14(2)7-9(5-12)8-3-4-10(11)13-6-8/h3-4,6-7H,1-2H3. The smallest absolute Gasteiger partial charge is 0.129 e. The summed E-state index contributed by atoms with van der Waals surface area (Å²) in [7, 11) is 3.72. The minimum Gasteiger partial charge on any atom is -0.382 e. The predicted molar refractivity (Wildman–Crippen MR) is 56.5 cm³/mol. The van der Waals surface area contributed by atoms with Crippen molar-refractivity contribution in [3.8, 4) is 6.07 Å². The first-order valence-corrected chi connectivity index (χ1v) is 4.41. The Hall–Kier alpha value is -1.53. The lowest BCUT2D eigenvalue weighted by Crippen LogP contribution is -2.02. The second-order valence-electron chi connectivity index (χ2n) is 2.99. The molecule has 0 N–H and O–H groups in total. The van der Waals surface area contributed by atoms with Crippen molar-refractivity contribution in [1.29, 1.82) is 5.26 Å². The molecule has 1 aromatic heterocycles. The molecule has 0 atom stereocenters. The summed E-state index contributed by atoms with van der Waals surface area (Å²) in [4.78, 5) is 5.72. The van der Waals surface area contributed by atoms with Gasteiger partial charge in [-0.3, -0.25) is 0 Å². The van der Waals surface area contributed by atoms with Crippen LogP contribution >= 0.6 is 11.6 Å². The number of nitriles is 1. The van der Waals surface area contributed by atoms with Crippen LogP contribution < -0.4 is 0 Å². The number of halogens is 1. The van der Waals surface area contributed by atoms with Gasteiger partial charge < -0.3 is 4.90 Å². The van der Waals surface area contributed by atoms with Crippen molar-refractivity contribution in [3.05, 3.63) is 35.2 Å². The zero-order valence-electron chi connectivity index (χ0n) is 8.03. The molecule has 0 bridgehead atoms. The van der Waals surface area contributed by atoms with Crippen LogP contribution in [0.2, 0.25) is 5.15 Å². The van der Waals surface area contributed by atoms with E-state index in [4.69, 9.17) is 16.9 Å². The zero-order chi connectivity index (χ0) is 10.6. The largest absolute Gasteiger partial charge is 0.382 e. The summed E-state index contributed by atoms with van der Waals surface area (Å²) < 4.78 is 0. The van der Waals surface area contributed by atoms with E-state index in [1.807, 2.05) is 19.0 Å². The quantitative estimate of drug-likeness (QED) is 0.551. The molecular weight excluding hydrogens is 198 g/mol. The Kier molecular flexibility index (Phi) is 3.49. The van der Waals surface area contributed by atoms with Gasteiger partial charge in [-0.15, -0.1) is 0 Å². The van der Waals surface area contributed by atoms with Gasteiger partial charge in [0.05, 0.1) is 5.57 Å². The van der Waals surface area contributed by atoms with Crippen LogP contribution in [0.15, 0.2) is 24.5 Å². The Morgan fingerprint density at radius 2 is 2.29 bits per heavy atom. The Labute approximate surface area is 88.2 Å². The minimum atomic E-state index is 0.427. The van der Waals surface area contributed by atoms with Crippen LogP contribution in [-0.4, -0.2) is 24.0 Å². The highest BCUT2D eigenvalue weighted by Crippen LogP contribution is 2.14. The summed E-state index contributed by atoms with van der Waals surface area (Å²) in [6, 6.07) is 5.54. The van der Waals surface area contributed by atoms with Gasteiger partial charge in [-0.1, -0.05) is 11.6 Å². The van der Waals surface area contributed by atoms with Crippen LogP contribution in [0, 0.1) is 11.3 Å². The molecule has 1 aromatic rings. The van der Waals surface area contributed by atoms with Gasteiger partial charge in [0.1, 0.15) is 11.2 Å². The summed E-state index contributed by atoms with van der Waals surface area (Å²) in [6.07, 6.45) is 3.33. The molecule has 0 aliphatic rings. The van der Waals surface area contributed by atoms with Crippen LogP contribution in [0.25, 0.3) is 5.57 Å². The Morgan fingerprint density at radius 1 is 1.57 bits per heavy atom. The van der Waals surface area contributed by atoms with Crippen molar-refractivity contribution in [2.45, 2.75) is 0 Å². The van der Waals surface area contributed by atoms with Gasteiger partial charge in [0.15, 0.2) is 0 Å². The van der Waals surface area contributed by atoms with Crippen LogP contribution in [0.1, 0.15) is 5.56 Å².